The number of hydrogen-bond donors (Lipinski definition) is 0. The predicted octanol–water partition coefficient (Wildman–Crippen LogP) is 7.03. The van der Waals surface area contributed by atoms with E-state index in [1.165, 1.54) is 75.5 Å². The van der Waals surface area contributed by atoms with Crippen molar-refractivity contribution in [2.24, 2.45) is 11.8 Å². The fraction of sp³-hybridized carbons (Fsp3) is 0.800. The van der Waals surface area contributed by atoms with Gasteiger partial charge in [-0.15, -0.1) is 0 Å². The standard InChI is InChI=1S/C24H39N3O2.C16H32N2O2/c1-24(2,3)29-23(28)27(14-13-25(4)5)18-19-9-8-12-26(17-19)22-15-20-10-6-7-11-21(20)16-22;1-16(2,3)20-15(19)18(12-11-17(4)5)13-14-9-7-6-8-10-14/h6-7,10-11,19,22H,8-9,12-18H2,1-5H3;14H,6-13H2,1-5H3. The minimum atomic E-state index is -0.457. The smallest absolute Gasteiger partial charge is 0.410 e. The van der Waals surface area contributed by atoms with E-state index in [1.807, 2.05) is 79.5 Å². The summed E-state index contributed by atoms with van der Waals surface area (Å²) < 4.78 is 11.2. The Balaban J connectivity index is 0.000000286. The first-order valence-electron chi connectivity index (χ1n) is 19.0. The molecule has 49 heavy (non-hydrogen) atoms. The molecule has 0 radical (unpaired) electrons. The van der Waals surface area contributed by atoms with Crippen molar-refractivity contribution in [1.82, 2.24) is 24.5 Å². The van der Waals surface area contributed by atoms with Gasteiger partial charge in [-0.05, 0) is 138 Å². The quantitative estimate of drug-likeness (QED) is 0.248. The molecule has 1 aliphatic heterocycles. The summed E-state index contributed by atoms with van der Waals surface area (Å²) in [6, 6.07) is 9.49. The lowest BCUT2D eigenvalue weighted by atomic mass is 9.89. The van der Waals surface area contributed by atoms with E-state index >= 15 is 0 Å². The van der Waals surface area contributed by atoms with Crippen molar-refractivity contribution in [2.45, 2.75) is 117 Å². The molecule has 2 amide bonds. The van der Waals surface area contributed by atoms with Crippen LogP contribution in [-0.4, -0.2) is 134 Å². The summed E-state index contributed by atoms with van der Waals surface area (Å²) in [6.07, 6.45) is 10.9. The average molecular weight is 686 g/mol. The Morgan fingerprint density at radius 1 is 0.673 bits per heavy atom. The Morgan fingerprint density at radius 2 is 1.12 bits per heavy atom. The fourth-order valence-corrected chi connectivity index (χ4v) is 7.17. The lowest BCUT2D eigenvalue weighted by Crippen LogP contribution is -2.48. The van der Waals surface area contributed by atoms with Gasteiger partial charge in [0.25, 0.3) is 0 Å². The first-order valence-corrected chi connectivity index (χ1v) is 19.0. The number of fused-ring (bicyclic) bond motifs is 1. The fourth-order valence-electron chi connectivity index (χ4n) is 7.17. The van der Waals surface area contributed by atoms with Crippen LogP contribution in [0.4, 0.5) is 9.59 Å². The van der Waals surface area contributed by atoms with Crippen LogP contribution in [0.5, 0.6) is 0 Å². The Kier molecular flexibility index (Phi) is 16.2. The zero-order valence-corrected chi connectivity index (χ0v) is 32.9. The minimum absolute atomic E-state index is 0.162. The van der Waals surface area contributed by atoms with Crippen molar-refractivity contribution in [1.29, 1.82) is 0 Å². The van der Waals surface area contributed by atoms with E-state index in [0.29, 0.717) is 24.4 Å². The minimum Gasteiger partial charge on any atom is -0.444 e. The van der Waals surface area contributed by atoms with Gasteiger partial charge in [-0.25, -0.2) is 9.59 Å². The molecule has 0 bridgehead atoms. The summed E-state index contributed by atoms with van der Waals surface area (Å²) in [6.45, 7) is 18.7. The number of piperidine rings is 1. The van der Waals surface area contributed by atoms with Gasteiger partial charge in [0.15, 0.2) is 0 Å². The van der Waals surface area contributed by atoms with Crippen LogP contribution in [-0.2, 0) is 22.3 Å². The maximum absolute atomic E-state index is 12.8. The predicted molar refractivity (Wildman–Crippen MR) is 201 cm³/mol. The van der Waals surface area contributed by atoms with E-state index in [-0.39, 0.29) is 12.2 Å². The third kappa shape index (κ3) is 15.6. The van der Waals surface area contributed by atoms with Crippen LogP contribution in [0, 0.1) is 11.8 Å². The number of likely N-dealkylation sites (tertiary alicyclic amines) is 1. The summed E-state index contributed by atoms with van der Waals surface area (Å²) in [7, 11) is 8.17. The molecule has 0 aromatic heterocycles. The molecule has 1 saturated carbocycles. The van der Waals surface area contributed by atoms with E-state index in [1.54, 1.807) is 0 Å². The van der Waals surface area contributed by atoms with Crippen LogP contribution < -0.4 is 0 Å². The van der Waals surface area contributed by atoms with Crippen molar-refractivity contribution in [3.05, 3.63) is 35.4 Å². The number of carbonyl (C=O) groups excluding carboxylic acids is 2. The first-order chi connectivity index (χ1) is 23.0. The van der Waals surface area contributed by atoms with Crippen LogP contribution >= 0.6 is 0 Å². The molecule has 1 heterocycles. The highest BCUT2D eigenvalue weighted by atomic mass is 16.6. The Hall–Kier alpha value is -2.36. The summed E-state index contributed by atoms with van der Waals surface area (Å²) in [5.74, 6) is 1.17. The van der Waals surface area contributed by atoms with Crippen molar-refractivity contribution in [2.75, 3.05) is 80.5 Å². The van der Waals surface area contributed by atoms with Crippen LogP contribution in [0.2, 0.25) is 0 Å². The van der Waals surface area contributed by atoms with E-state index in [4.69, 9.17) is 9.47 Å². The topological polar surface area (TPSA) is 68.8 Å². The second-order valence-electron chi connectivity index (χ2n) is 17.3. The third-order valence-corrected chi connectivity index (χ3v) is 9.72. The van der Waals surface area contributed by atoms with Gasteiger partial charge in [0.2, 0.25) is 0 Å². The Morgan fingerprint density at radius 3 is 1.57 bits per heavy atom. The van der Waals surface area contributed by atoms with Gasteiger partial charge in [0, 0.05) is 51.9 Å². The zero-order valence-electron chi connectivity index (χ0n) is 32.9. The van der Waals surface area contributed by atoms with E-state index in [9.17, 15) is 9.59 Å². The summed E-state index contributed by atoms with van der Waals surface area (Å²) in [5.41, 5.74) is 2.16. The lowest BCUT2D eigenvalue weighted by molar-refractivity contribution is 0.0160. The van der Waals surface area contributed by atoms with Gasteiger partial charge >= 0.3 is 12.2 Å². The highest BCUT2D eigenvalue weighted by molar-refractivity contribution is 5.68. The van der Waals surface area contributed by atoms with Crippen molar-refractivity contribution in [3.63, 3.8) is 0 Å². The molecule has 1 aromatic rings. The molecule has 0 spiro atoms. The maximum atomic E-state index is 12.8. The molecule has 4 rings (SSSR count). The molecule has 0 N–H and O–H groups in total. The monoisotopic (exact) mass is 686 g/mol. The van der Waals surface area contributed by atoms with Gasteiger partial charge in [-0.1, -0.05) is 43.5 Å². The highest BCUT2D eigenvalue weighted by Gasteiger charge is 2.32. The third-order valence-electron chi connectivity index (χ3n) is 9.72. The molecule has 9 heteroatoms. The molecule has 1 unspecified atom stereocenters. The van der Waals surface area contributed by atoms with Crippen molar-refractivity contribution >= 4 is 12.2 Å². The first kappa shape index (κ1) is 41.1. The molecule has 9 nitrogen and oxygen atoms in total. The highest BCUT2D eigenvalue weighted by Crippen LogP contribution is 2.29. The molecule has 3 aliphatic rings. The number of benzene rings is 1. The van der Waals surface area contributed by atoms with Gasteiger partial charge in [-0.2, -0.15) is 0 Å². The number of rotatable bonds is 11. The molecule has 2 fully saturated rings. The number of ether oxygens (including phenoxy) is 2. The van der Waals surface area contributed by atoms with Crippen LogP contribution in [0.1, 0.15) is 97.6 Å². The Bertz CT molecular complexity index is 1110. The normalized spacial score (nSPS) is 19.3. The van der Waals surface area contributed by atoms with E-state index in [2.05, 4.69) is 39.0 Å². The molecule has 2 aliphatic carbocycles. The van der Waals surface area contributed by atoms with Crippen molar-refractivity contribution < 1.29 is 19.1 Å². The number of hydrogen-bond acceptors (Lipinski definition) is 7. The largest absolute Gasteiger partial charge is 0.444 e. The summed E-state index contributed by atoms with van der Waals surface area (Å²) >= 11 is 0. The van der Waals surface area contributed by atoms with E-state index in [0.717, 1.165) is 39.3 Å². The van der Waals surface area contributed by atoms with Gasteiger partial charge in [0.1, 0.15) is 11.2 Å². The number of nitrogens with zero attached hydrogens (tertiary/aromatic N) is 5. The zero-order chi connectivity index (χ0) is 36.2. The summed E-state index contributed by atoms with van der Waals surface area (Å²) in [5, 5.41) is 0. The maximum Gasteiger partial charge on any atom is 0.410 e. The second-order valence-corrected chi connectivity index (χ2v) is 17.3. The average Bonchev–Trinajstić information content (AvgIpc) is 3.45. The van der Waals surface area contributed by atoms with Gasteiger partial charge in [-0.3, -0.25) is 4.90 Å². The summed E-state index contributed by atoms with van der Waals surface area (Å²) in [4.78, 5) is 35.9. The number of likely N-dealkylation sites (N-methyl/N-ethyl adjacent to an activating group) is 2. The SMILES string of the molecule is CN(C)CCN(CC1CCCCC1)C(=O)OC(C)(C)C.CN(C)CCN(CC1CCCN(C2Cc3ccccc3C2)C1)C(=O)OC(C)(C)C. The van der Waals surface area contributed by atoms with E-state index < -0.39 is 11.2 Å². The molecular weight excluding hydrogens is 614 g/mol. The van der Waals surface area contributed by atoms with Crippen molar-refractivity contribution in [3.8, 4) is 0 Å². The molecular formula is C40H71N5O4. The van der Waals surface area contributed by atoms with Crippen LogP contribution in [0.15, 0.2) is 24.3 Å². The van der Waals surface area contributed by atoms with Crippen LogP contribution in [0.25, 0.3) is 0 Å². The van der Waals surface area contributed by atoms with Gasteiger partial charge < -0.3 is 29.1 Å². The second kappa shape index (κ2) is 19.3. The molecule has 1 saturated heterocycles. The lowest BCUT2D eigenvalue weighted by Gasteiger charge is -2.39. The number of carbonyl (C=O) groups is 2. The Labute approximate surface area is 299 Å². The molecule has 1 aromatic carbocycles. The van der Waals surface area contributed by atoms with Crippen LogP contribution in [0.3, 0.4) is 0 Å². The van der Waals surface area contributed by atoms with Gasteiger partial charge in [0.05, 0.1) is 0 Å². The molecule has 280 valence electrons. The number of amides is 2. The molecule has 1 atom stereocenters.